The number of nitrogens with zero attached hydrogens (tertiary/aromatic N) is 1. The molecule has 168 valence electrons. The summed E-state index contributed by atoms with van der Waals surface area (Å²) in [5.41, 5.74) is 5.83. The molecule has 3 aromatic rings. The molecule has 6 heteroatoms. The van der Waals surface area contributed by atoms with Crippen molar-refractivity contribution in [3.8, 4) is 0 Å². The van der Waals surface area contributed by atoms with Gasteiger partial charge in [-0.05, 0) is 86.7 Å². The van der Waals surface area contributed by atoms with Gasteiger partial charge in [0, 0.05) is 0 Å². The summed E-state index contributed by atoms with van der Waals surface area (Å²) in [7, 11) is -3.91. The number of carbonyl (C=O) groups is 1. The van der Waals surface area contributed by atoms with Gasteiger partial charge in [-0.3, -0.25) is 9.10 Å². The molecule has 0 aliphatic carbocycles. The van der Waals surface area contributed by atoms with E-state index in [0.29, 0.717) is 5.69 Å². The van der Waals surface area contributed by atoms with Gasteiger partial charge in [0.2, 0.25) is 5.91 Å². The van der Waals surface area contributed by atoms with E-state index >= 15 is 0 Å². The first kappa shape index (κ1) is 23.5. The second kappa shape index (κ2) is 9.57. The Labute approximate surface area is 191 Å². The molecule has 0 saturated heterocycles. The predicted molar refractivity (Wildman–Crippen MR) is 129 cm³/mol. The quantitative estimate of drug-likeness (QED) is 0.551. The van der Waals surface area contributed by atoms with E-state index in [1.165, 1.54) is 22.0 Å². The Balaban J connectivity index is 1.90. The molecule has 32 heavy (non-hydrogen) atoms. The van der Waals surface area contributed by atoms with E-state index in [2.05, 4.69) is 24.4 Å². The molecular weight excluding hydrogens is 420 g/mol. The average molecular weight is 451 g/mol. The van der Waals surface area contributed by atoms with Crippen LogP contribution < -0.4 is 9.62 Å². The van der Waals surface area contributed by atoms with Gasteiger partial charge in [-0.15, -0.1) is 0 Å². The summed E-state index contributed by atoms with van der Waals surface area (Å²) in [5.74, 6) is -0.365. The van der Waals surface area contributed by atoms with Crippen LogP contribution in [0.5, 0.6) is 0 Å². The first-order valence-corrected chi connectivity index (χ1v) is 12.0. The molecule has 0 aromatic heterocycles. The zero-order chi connectivity index (χ0) is 23.5. The van der Waals surface area contributed by atoms with Crippen LogP contribution in [0.3, 0.4) is 0 Å². The number of nitrogens with one attached hydrogen (secondary N) is 1. The lowest BCUT2D eigenvalue weighted by Gasteiger charge is -2.26. The highest BCUT2D eigenvalue weighted by molar-refractivity contribution is 7.92. The Hall–Kier alpha value is -3.12. The second-order valence-electron chi connectivity index (χ2n) is 8.25. The zero-order valence-electron chi connectivity index (χ0n) is 19.2. The molecule has 0 radical (unpaired) electrons. The van der Waals surface area contributed by atoms with Crippen molar-refractivity contribution in [2.75, 3.05) is 10.8 Å². The van der Waals surface area contributed by atoms with Gasteiger partial charge >= 0.3 is 0 Å². The molecule has 1 atom stereocenters. The Morgan fingerprint density at radius 1 is 0.875 bits per heavy atom. The SMILES string of the molecule is Cc1cccc(N(CC(=O)N[C@@H](C)c2cc(C)c(C)cc2C)S(=O)(=O)c2ccccc2)c1. The van der Waals surface area contributed by atoms with E-state index in [1.807, 2.05) is 33.8 Å². The summed E-state index contributed by atoms with van der Waals surface area (Å²) in [5, 5.41) is 2.98. The third kappa shape index (κ3) is 5.19. The number of hydrogen-bond acceptors (Lipinski definition) is 3. The summed E-state index contributed by atoms with van der Waals surface area (Å²) in [6.45, 7) is 9.61. The van der Waals surface area contributed by atoms with E-state index in [-0.39, 0.29) is 23.4 Å². The lowest BCUT2D eigenvalue weighted by Crippen LogP contribution is -2.41. The standard InChI is InChI=1S/C26H30N2O3S/c1-18-10-9-11-23(14-18)28(32(30,31)24-12-7-6-8-13-24)17-26(29)27-22(5)25-16-20(3)19(2)15-21(25)4/h6-16,22H,17H2,1-5H3,(H,27,29)/t22-/m0/s1. The fourth-order valence-electron chi connectivity index (χ4n) is 3.76. The fourth-order valence-corrected chi connectivity index (χ4v) is 5.20. The van der Waals surface area contributed by atoms with Crippen LogP contribution in [0.15, 0.2) is 71.6 Å². The van der Waals surface area contributed by atoms with Gasteiger partial charge in [0.05, 0.1) is 16.6 Å². The van der Waals surface area contributed by atoms with Crippen molar-refractivity contribution in [1.29, 1.82) is 0 Å². The molecule has 0 saturated carbocycles. The first-order chi connectivity index (χ1) is 15.1. The number of amides is 1. The van der Waals surface area contributed by atoms with Gasteiger partial charge in [-0.1, -0.05) is 42.5 Å². The maximum absolute atomic E-state index is 13.4. The highest BCUT2D eigenvalue weighted by Crippen LogP contribution is 2.25. The summed E-state index contributed by atoms with van der Waals surface area (Å²) < 4.78 is 28.0. The number of rotatable bonds is 7. The molecule has 0 spiro atoms. The molecule has 0 heterocycles. The lowest BCUT2D eigenvalue weighted by molar-refractivity contribution is -0.120. The smallest absolute Gasteiger partial charge is 0.264 e. The molecule has 5 nitrogen and oxygen atoms in total. The molecule has 1 amide bonds. The van der Waals surface area contributed by atoms with Gasteiger partial charge < -0.3 is 5.32 Å². The van der Waals surface area contributed by atoms with Crippen molar-refractivity contribution in [3.63, 3.8) is 0 Å². The monoisotopic (exact) mass is 450 g/mol. The van der Waals surface area contributed by atoms with Crippen LogP contribution in [0.2, 0.25) is 0 Å². The third-order valence-corrected chi connectivity index (χ3v) is 7.42. The Bertz CT molecular complexity index is 1220. The van der Waals surface area contributed by atoms with E-state index in [4.69, 9.17) is 0 Å². The highest BCUT2D eigenvalue weighted by Gasteiger charge is 2.27. The normalized spacial score (nSPS) is 12.3. The topological polar surface area (TPSA) is 66.5 Å². The van der Waals surface area contributed by atoms with Crippen molar-refractivity contribution < 1.29 is 13.2 Å². The van der Waals surface area contributed by atoms with Gasteiger partial charge in [0.1, 0.15) is 6.54 Å². The largest absolute Gasteiger partial charge is 0.348 e. The van der Waals surface area contributed by atoms with Crippen molar-refractivity contribution in [2.45, 2.75) is 45.6 Å². The number of sulfonamides is 1. The number of hydrogen-bond donors (Lipinski definition) is 1. The van der Waals surface area contributed by atoms with Crippen molar-refractivity contribution in [1.82, 2.24) is 5.32 Å². The lowest BCUT2D eigenvalue weighted by atomic mass is 9.96. The second-order valence-corrected chi connectivity index (χ2v) is 10.1. The Morgan fingerprint density at radius 3 is 2.19 bits per heavy atom. The van der Waals surface area contributed by atoms with E-state index in [1.54, 1.807) is 36.4 Å². The first-order valence-electron chi connectivity index (χ1n) is 10.6. The van der Waals surface area contributed by atoms with Crippen LogP contribution in [0.1, 0.15) is 40.8 Å². The fraction of sp³-hybridized carbons (Fsp3) is 0.269. The maximum Gasteiger partial charge on any atom is 0.264 e. The number of aryl methyl sites for hydroxylation is 4. The average Bonchev–Trinajstić information content (AvgIpc) is 2.75. The summed E-state index contributed by atoms with van der Waals surface area (Å²) in [6, 6.07) is 19.3. The molecular formula is C26H30N2O3S. The predicted octanol–water partition coefficient (Wildman–Crippen LogP) is 4.99. The molecule has 0 fully saturated rings. The van der Waals surface area contributed by atoms with Crippen LogP contribution in [0.25, 0.3) is 0 Å². The molecule has 1 N–H and O–H groups in total. The van der Waals surface area contributed by atoms with Crippen molar-refractivity contribution in [2.24, 2.45) is 0 Å². The molecule has 0 unspecified atom stereocenters. The molecule has 0 bridgehead atoms. The zero-order valence-corrected chi connectivity index (χ0v) is 20.0. The molecule has 0 aliphatic rings. The van der Waals surface area contributed by atoms with Gasteiger partial charge in [0.25, 0.3) is 10.0 Å². The van der Waals surface area contributed by atoms with E-state index in [9.17, 15) is 13.2 Å². The van der Waals surface area contributed by atoms with E-state index < -0.39 is 10.0 Å². The molecule has 3 rings (SSSR count). The summed E-state index contributed by atoms with van der Waals surface area (Å²) in [4.78, 5) is 13.2. The van der Waals surface area contributed by atoms with Crippen molar-refractivity contribution >= 4 is 21.6 Å². The van der Waals surface area contributed by atoms with Crippen LogP contribution in [0.4, 0.5) is 5.69 Å². The van der Waals surface area contributed by atoms with Gasteiger partial charge in [-0.2, -0.15) is 0 Å². The number of anilines is 1. The number of benzene rings is 3. The Kier molecular flexibility index (Phi) is 7.04. The summed E-state index contributed by atoms with van der Waals surface area (Å²) in [6.07, 6.45) is 0. The van der Waals surface area contributed by atoms with Crippen molar-refractivity contribution in [3.05, 3.63) is 94.5 Å². The van der Waals surface area contributed by atoms with Crippen LogP contribution in [0, 0.1) is 27.7 Å². The molecule has 3 aromatic carbocycles. The number of carbonyl (C=O) groups excluding carboxylic acids is 1. The third-order valence-electron chi connectivity index (χ3n) is 5.63. The minimum atomic E-state index is -3.91. The minimum Gasteiger partial charge on any atom is -0.348 e. The highest BCUT2D eigenvalue weighted by atomic mass is 32.2. The van der Waals surface area contributed by atoms with Crippen LogP contribution in [-0.4, -0.2) is 20.9 Å². The van der Waals surface area contributed by atoms with E-state index in [0.717, 1.165) is 22.3 Å². The van der Waals surface area contributed by atoms with Gasteiger partial charge in [0.15, 0.2) is 0 Å². The van der Waals surface area contributed by atoms with Crippen LogP contribution >= 0.6 is 0 Å². The minimum absolute atomic E-state index is 0.146. The Morgan fingerprint density at radius 2 is 1.53 bits per heavy atom. The van der Waals surface area contributed by atoms with Crippen LogP contribution in [-0.2, 0) is 14.8 Å². The molecule has 0 aliphatic heterocycles. The summed E-state index contributed by atoms with van der Waals surface area (Å²) >= 11 is 0. The maximum atomic E-state index is 13.4. The van der Waals surface area contributed by atoms with Gasteiger partial charge in [-0.25, -0.2) is 8.42 Å².